The molecule has 0 atom stereocenters. The molecule has 1 saturated carbocycles. The smallest absolute Gasteiger partial charge is 0.227 e. The lowest BCUT2D eigenvalue weighted by atomic mass is 9.85. The number of H-pyrrole nitrogens is 2. The van der Waals surface area contributed by atoms with Crippen molar-refractivity contribution in [1.82, 2.24) is 30.0 Å². The number of rotatable bonds is 9. The Morgan fingerprint density at radius 3 is 2.70 bits per heavy atom. The normalized spacial score (nSPS) is 15.4. The lowest BCUT2D eigenvalue weighted by Gasteiger charge is -2.24. The second-order valence-corrected chi connectivity index (χ2v) is 12.3. The minimum atomic E-state index is -0.332. The monoisotopic (exact) mass is 615 g/mol. The zero-order chi connectivity index (χ0) is 31.0. The van der Waals surface area contributed by atoms with Gasteiger partial charge in [0.15, 0.2) is 0 Å². The number of pyridine rings is 2. The standard InChI is InChI=1S/C36H34FN7O2/c37-25-13-23(15-27(16-25)46-12-11-44-9-1-2-10-44)28-7-4-8-31-29(28)17-33(41-31)35-30-18-32(39-21-34(30)42-43-35)24-14-26(20-38-19-24)40-36(45)22-5-3-6-22/h4,7-8,13-22,41H,1-3,5-6,9-12H2,(H,40,45)(H,42,43). The van der Waals surface area contributed by atoms with Crippen LogP contribution in [0.5, 0.6) is 5.75 Å². The Balaban J connectivity index is 1.09. The Bertz CT molecular complexity index is 2060. The molecule has 8 rings (SSSR count). The molecule has 0 spiro atoms. The van der Waals surface area contributed by atoms with Crippen molar-refractivity contribution < 1.29 is 13.9 Å². The third kappa shape index (κ3) is 5.60. The van der Waals surface area contributed by atoms with E-state index in [0.717, 1.165) is 94.5 Å². The molecule has 232 valence electrons. The number of nitrogens with zero attached hydrogens (tertiary/aromatic N) is 4. The van der Waals surface area contributed by atoms with Crippen molar-refractivity contribution in [2.24, 2.45) is 5.92 Å². The first-order valence-electron chi connectivity index (χ1n) is 16.0. The van der Waals surface area contributed by atoms with Gasteiger partial charge in [-0.05, 0) is 86.3 Å². The molecule has 5 heterocycles. The second-order valence-electron chi connectivity index (χ2n) is 12.3. The quantitative estimate of drug-likeness (QED) is 0.159. The van der Waals surface area contributed by atoms with Crippen molar-refractivity contribution in [2.45, 2.75) is 32.1 Å². The first-order valence-corrected chi connectivity index (χ1v) is 16.0. The highest BCUT2D eigenvalue weighted by Crippen LogP contribution is 2.36. The number of likely N-dealkylation sites (tertiary alicyclic amines) is 1. The van der Waals surface area contributed by atoms with Crippen LogP contribution in [-0.2, 0) is 4.79 Å². The molecule has 4 aromatic heterocycles. The average molecular weight is 616 g/mol. The van der Waals surface area contributed by atoms with E-state index < -0.39 is 0 Å². The fraction of sp³-hybridized carbons (Fsp3) is 0.278. The van der Waals surface area contributed by atoms with Gasteiger partial charge in [-0.3, -0.25) is 24.8 Å². The Morgan fingerprint density at radius 1 is 0.957 bits per heavy atom. The van der Waals surface area contributed by atoms with Gasteiger partial charge in [0.25, 0.3) is 0 Å². The van der Waals surface area contributed by atoms with Crippen molar-refractivity contribution in [3.8, 4) is 39.5 Å². The van der Waals surface area contributed by atoms with Gasteiger partial charge in [0.2, 0.25) is 5.91 Å². The van der Waals surface area contributed by atoms with Gasteiger partial charge in [0.1, 0.15) is 23.9 Å². The van der Waals surface area contributed by atoms with Gasteiger partial charge < -0.3 is 15.0 Å². The maximum atomic E-state index is 14.8. The predicted octanol–water partition coefficient (Wildman–Crippen LogP) is 7.19. The lowest BCUT2D eigenvalue weighted by Crippen LogP contribution is -2.28. The van der Waals surface area contributed by atoms with Crippen LogP contribution in [0.4, 0.5) is 10.1 Å². The van der Waals surface area contributed by atoms with Crippen molar-refractivity contribution in [1.29, 1.82) is 0 Å². The minimum absolute atomic E-state index is 0.0448. The number of ether oxygens (including phenoxy) is 1. The highest BCUT2D eigenvalue weighted by atomic mass is 19.1. The van der Waals surface area contributed by atoms with Gasteiger partial charge >= 0.3 is 0 Å². The Hall–Kier alpha value is -5.09. The van der Waals surface area contributed by atoms with Crippen LogP contribution in [-0.4, -0.2) is 62.2 Å². The van der Waals surface area contributed by atoms with Crippen molar-refractivity contribution in [3.63, 3.8) is 0 Å². The van der Waals surface area contributed by atoms with E-state index in [1.54, 1.807) is 24.7 Å². The molecule has 2 aliphatic rings. The molecule has 1 amide bonds. The average Bonchev–Trinajstić information content (AvgIpc) is 3.79. The summed E-state index contributed by atoms with van der Waals surface area (Å²) in [4.78, 5) is 27.4. The first kappa shape index (κ1) is 28.4. The van der Waals surface area contributed by atoms with Crippen LogP contribution < -0.4 is 10.1 Å². The molecule has 6 aromatic rings. The third-order valence-electron chi connectivity index (χ3n) is 9.20. The number of fused-ring (bicyclic) bond motifs is 2. The number of aromatic nitrogens is 5. The van der Waals surface area contributed by atoms with Gasteiger partial charge in [0, 0.05) is 46.6 Å². The number of hydrogen-bond donors (Lipinski definition) is 3. The van der Waals surface area contributed by atoms with Crippen LogP contribution in [0.1, 0.15) is 32.1 Å². The number of halogens is 1. The van der Waals surface area contributed by atoms with Gasteiger partial charge in [-0.25, -0.2) is 4.39 Å². The van der Waals surface area contributed by atoms with Crippen LogP contribution in [0.15, 0.2) is 73.2 Å². The van der Waals surface area contributed by atoms with E-state index in [9.17, 15) is 9.18 Å². The van der Waals surface area contributed by atoms with Crippen molar-refractivity contribution >= 4 is 33.4 Å². The van der Waals surface area contributed by atoms with Crippen LogP contribution in [0, 0.1) is 11.7 Å². The maximum Gasteiger partial charge on any atom is 0.227 e. The number of anilines is 1. The first-order chi connectivity index (χ1) is 22.6. The number of nitrogens with one attached hydrogen (secondary N) is 3. The highest BCUT2D eigenvalue weighted by Gasteiger charge is 2.25. The Labute approximate surface area is 265 Å². The lowest BCUT2D eigenvalue weighted by molar-refractivity contribution is -0.122. The molecular weight excluding hydrogens is 581 g/mol. The van der Waals surface area contributed by atoms with E-state index in [0.29, 0.717) is 18.0 Å². The van der Waals surface area contributed by atoms with Gasteiger partial charge in [-0.15, -0.1) is 0 Å². The van der Waals surface area contributed by atoms with Crippen LogP contribution in [0.25, 0.3) is 55.6 Å². The zero-order valence-corrected chi connectivity index (χ0v) is 25.4. The van der Waals surface area contributed by atoms with Crippen molar-refractivity contribution in [2.75, 3.05) is 31.6 Å². The summed E-state index contributed by atoms with van der Waals surface area (Å²) in [6.45, 7) is 3.57. The number of amides is 1. The number of carbonyl (C=O) groups is 1. The Morgan fingerprint density at radius 2 is 1.85 bits per heavy atom. The molecular formula is C36H34FN7O2. The van der Waals surface area contributed by atoms with Crippen LogP contribution >= 0.6 is 0 Å². The summed E-state index contributed by atoms with van der Waals surface area (Å²) in [5, 5.41) is 12.6. The maximum absolute atomic E-state index is 14.8. The fourth-order valence-electron chi connectivity index (χ4n) is 6.48. The molecule has 10 heteroatoms. The SMILES string of the molecule is O=C(Nc1cncc(-c2cc3c(-c4cc5c(-c6cc(F)cc(OCCN7CCCC7)c6)cccc5[nH]4)n[nH]c3cn2)c1)C1CCC1. The molecule has 2 aromatic carbocycles. The van der Waals surface area contributed by atoms with E-state index >= 15 is 0 Å². The van der Waals surface area contributed by atoms with Gasteiger partial charge in [0.05, 0.1) is 35.0 Å². The van der Waals surface area contributed by atoms with E-state index in [2.05, 4.69) is 41.4 Å². The van der Waals surface area contributed by atoms with Crippen LogP contribution in [0.2, 0.25) is 0 Å². The largest absolute Gasteiger partial charge is 0.492 e. The summed E-state index contributed by atoms with van der Waals surface area (Å²) >= 11 is 0. The van der Waals surface area contributed by atoms with Crippen molar-refractivity contribution in [3.05, 3.63) is 79.0 Å². The number of hydrogen-bond acceptors (Lipinski definition) is 6. The molecule has 1 aliphatic heterocycles. The zero-order valence-electron chi connectivity index (χ0n) is 25.4. The summed E-state index contributed by atoms with van der Waals surface area (Å²) < 4.78 is 20.8. The van der Waals surface area contributed by atoms with Gasteiger partial charge in [-0.2, -0.15) is 5.10 Å². The molecule has 0 radical (unpaired) electrons. The van der Waals surface area contributed by atoms with Gasteiger partial charge in [-0.1, -0.05) is 18.6 Å². The summed E-state index contributed by atoms with van der Waals surface area (Å²) in [7, 11) is 0. The molecule has 0 unspecified atom stereocenters. The topological polar surface area (TPSA) is 112 Å². The third-order valence-corrected chi connectivity index (χ3v) is 9.20. The van der Waals surface area contributed by atoms with E-state index in [4.69, 9.17) is 4.74 Å². The van der Waals surface area contributed by atoms with E-state index in [-0.39, 0.29) is 17.6 Å². The summed E-state index contributed by atoms with van der Waals surface area (Å²) in [6, 6.07) is 16.8. The summed E-state index contributed by atoms with van der Waals surface area (Å²) in [5.74, 6) is 0.329. The highest BCUT2D eigenvalue weighted by molar-refractivity contribution is 6.01. The fourth-order valence-corrected chi connectivity index (χ4v) is 6.48. The minimum Gasteiger partial charge on any atom is -0.492 e. The summed E-state index contributed by atoms with van der Waals surface area (Å²) in [5.41, 5.74) is 7.10. The molecule has 2 fully saturated rings. The van der Waals surface area contributed by atoms with E-state index in [1.807, 2.05) is 36.4 Å². The number of aromatic amines is 2. The summed E-state index contributed by atoms with van der Waals surface area (Å²) in [6.07, 6.45) is 10.6. The predicted molar refractivity (Wildman–Crippen MR) is 177 cm³/mol. The van der Waals surface area contributed by atoms with Crippen LogP contribution in [0.3, 0.4) is 0 Å². The Kier molecular flexibility index (Phi) is 7.42. The molecule has 46 heavy (non-hydrogen) atoms. The molecule has 3 N–H and O–H groups in total. The molecule has 0 bridgehead atoms. The van der Waals surface area contributed by atoms with E-state index in [1.165, 1.54) is 18.9 Å². The molecule has 1 saturated heterocycles. The second kappa shape index (κ2) is 12.0. The molecule has 9 nitrogen and oxygen atoms in total. The number of benzene rings is 2. The molecule has 1 aliphatic carbocycles. The number of carbonyl (C=O) groups excluding carboxylic acids is 1.